The third-order valence-corrected chi connectivity index (χ3v) is 9.20. The number of halogens is 4. The molecule has 14 heteroatoms. The molecule has 0 radical (unpaired) electrons. The Hall–Kier alpha value is -2.72. The third-order valence-electron chi connectivity index (χ3n) is 6.59. The monoisotopic (exact) mass is 549 g/mol. The number of sulfone groups is 1. The van der Waals surface area contributed by atoms with Crippen molar-refractivity contribution < 1.29 is 40.7 Å². The summed E-state index contributed by atoms with van der Waals surface area (Å²) in [6.07, 6.45) is -4.78. The van der Waals surface area contributed by atoms with Gasteiger partial charge in [-0.05, 0) is 37.8 Å². The van der Waals surface area contributed by atoms with Crippen molar-refractivity contribution in [2.45, 2.75) is 67.1 Å². The molecule has 36 heavy (non-hydrogen) atoms. The Labute approximate surface area is 210 Å². The average Bonchev–Trinajstić information content (AvgIpc) is 3.69. The molecule has 2 atom stereocenters. The second-order valence-corrected chi connectivity index (χ2v) is 12.2. The van der Waals surface area contributed by atoms with Crippen molar-refractivity contribution in [1.29, 1.82) is 5.26 Å². The first kappa shape index (κ1) is 26.3. The van der Waals surface area contributed by atoms with Gasteiger partial charge in [0.2, 0.25) is 5.91 Å². The molecule has 0 spiro atoms. The number of nitrogens with one attached hydrogen (secondary N) is 1. The van der Waals surface area contributed by atoms with Gasteiger partial charge in [-0.25, -0.2) is 13.2 Å². The number of nitriles is 1. The van der Waals surface area contributed by atoms with E-state index in [4.69, 9.17) is 16.3 Å². The average molecular weight is 550 g/mol. The van der Waals surface area contributed by atoms with Crippen LogP contribution in [0.5, 0.6) is 5.75 Å². The first-order chi connectivity index (χ1) is 16.7. The predicted molar refractivity (Wildman–Crippen MR) is 119 cm³/mol. The molecule has 1 aromatic rings. The predicted octanol–water partition coefficient (Wildman–Crippen LogP) is 3.56. The number of rotatable bonds is 7. The summed E-state index contributed by atoms with van der Waals surface area (Å²) in [4.78, 5) is 26.4. The second-order valence-electron chi connectivity index (χ2n) is 9.60. The van der Waals surface area contributed by atoms with Gasteiger partial charge in [-0.3, -0.25) is 4.79 Å². The number of carbonyl (C=O) groups is 2. The number of amides is 2. The zero-order valence-electron chi connectivity index (χ0n) is 19.1. The van der Waals surface area contributed by atoms with Crippen molar-refractivity contribution in [3.8, 4) is 11.8 Å². The molecular weight excluding hydrogens is 527 g/mol. The molecule has 1 saturated heterocycles. The van der Waals surface area contributed by atoms with E-state index in [0.717, 1.165) is 18.2 Å². The number of alkyl halides is 3. The molecule has 1 aromatic carbocycles. The lowest BCUT2D eigenvalue weighted by Gasteiger charge is -2.27. The molecule has 0 aromatic heterocycles. The number of carbonyl (C=O) groups excluding carboxylic acids is 2. The van der Waals surface area contributed by atoms with E-state index in [2.05, 4.69) is 10.1 Å². The maximum Gasteiger partial charge on any atom is 0.422 e. The van der Waals surface area contributed by atoms with Crippen LogP contribution in [0, 0.1) is 16.7 Å². The number of ether oxygens (including phenoxy) is 2. The molecule has 4 rings (SSSR count). The number of alkyl carbamates (subject to hydrolysis) is 1. The zero-order chi connectivity index (χ0) is 26.5. The minimum atomic E-state index is -4.58. The molecule has 1 aliphatic heterocycles. The van der Waals surface area contributed by atoms with Crippen molar-refractivity contribution in [2.75, 3.05) is 13.2 Å². The maximum absolute atomic E-state index is 13.4. The van der Waals surface area contributed by atoms with Gasteiger partial charge in [0.05, 0.1) is 21.2 Å². The highest BCUT2D eigenvalue weighted by Crippen LogP contribution is 2.48. The smallest absolute Gasteiger partial charge is 0.422 e. The number of hydrogen-bond acceptors (Lipinski definition) is 7. The number of nitrogens with zero attached hydrogens (tertiary/aromatic N) is 2. The Morgan fingerprint density at radius 2 is 1.94 bits per heavy atom. The van der Waals surface area contributed by atoms with E-state index >= 15 is 0 Å². The zero-order valence-corrected chi connectivity index (χ0v) is 20.7. The van der Waals surface area contributed by atoms with E-state index in [1.165, 1.54) is 4.90 Å². The quantitative estimate of drug-likeness (QED) is 0.551. The van der Waals surface area contributed by atoms with Crippen LogP contribution in [0.4, 0.5) is 18.0 Å². The van der Waals surface area contributed by atoms with E-state index in [-0.39, 0.29) is 34.5 Å². The molecule has 1 heterocycles. The minimum Gasteiger partial charge on any atom is -0.484 e. The summed E-state index contributed by atoms with van der Waals surface area (Å²) >= 11 is 6.09. The Kier molecular flexibility index (Phi) is 6.58. The third kappa shape index (κ3) is 5.49. The standard InChI is InChI=1S/C22H23ClF3N3O6S/c1-20(4-5-20)18(30)29-10-14(9-17(29)35-19(31)28-21(11-27)6-7-21)36(32,33)16-3-2-13(8-15(16)23)34-12-22(24,25)26/h2-3,8,14,17H,4-7,9-10,12H2,1H3,(H,28,31)/t14-,17+/m1/s1. The molecule has 196 valence electrons. The Morgan fingerprint density at radius 3 is 2.47 bits per heavy atom. The van der Waals surface area contributed by atoms with E-state index in [1.807, 2.05) is 6.07 Å². The molecule has 3 aliphatic rings. The van der Waals surface area contributed by atoms with Crippen LogP contribution in [-0.4, -0.2) is 61.7 Å². The van der Waals surface area contributed by atoms with E-state index < -0.39 is 51.1 Å². The van der Waals surface area contributed by atoms with E-state index in [9.17, 15) is 36.4 Å². The molecule has 2 amide bonds. The fraction of sp³-hybridized carbons (Fsp3) is 0.591. The summed E-state index contributed by atoms with van der Waals surface area (Å²) in [6.45, 7) is -0.0947. The Bertz CT molecular complexity index is 1220. The van der Waals surface area contributed by atoms with Gasteiger partial charge in [0.15, 0.2) is 22.7 Å². The van der Waals surface area contributed by atoms with Gasteiger partial charge in [0, 0.05) is 24.4 Å². The van der Waals surface area contributed by atoms with Crippen LogP contribution in [-0.2, 0) is 19.4 Å². The Morgan fingerprint density at radius 1 is 1.28 bits per heavy atom. The molecule has 0 unspecified atom stereocenters. The lowest BCUT2D eigenvalue weighted by atomic mass is 10.1. The minimum absolute atomic E-state index is 0.236. The maximum atomic E-state index is 13.4. The number of hydrogen-bond donors (Lipinski definition) is 1. The lowest BCUT2D eigenvalue weighted by molar-refractivity contribution is -0.153. The summed E-state index contributed by atoms with van der Waals surface area (Å²) < 4.78 is 74.0. The molecular formula is C22H23ClF3N3O6S. The van der Waals surface area contributed by atoms with Crippen LogP contribution in [0.3, 0.4) is 0 Å². The summed E-state index contributed by atoms with van der Waals surface area (Å²) in [7, 11) is -4.18. The van der Waals surface area contributed by atoms with Crippen LogP contribution >= 0.6 is 11.6 Å². The van der Waals surface area contributed by atoms with Crippen molar-refractivity contribution in [1.82, 2.24) is 10.2 Å². The molecule has 3 fully saturated rings. The topological polar surface area (TPSA) is 126 Å². The first-order valence-electron chi connectivity index (χ1n) is 11.1. The van der Waals surface area contributed by atoms with Crippen LogP contribution in [0.1, 0.15) is 39.0 Å². The summed E-state index contributed by atoms with van der Waals surface area (Å²) in [5.74, 6) is -0.605. The van der Waals surface area contributed by atoms with Gasteiger partial charge >= 0.3 is 12.3 Å². The summed E-state index contributed by atoms with van der Waals surface area (Å²) in [6, 6.07) is 5.06. The largest absolute Gasteiger partial charge is 0.484 e. The van der Waals surface area contributed by atoms with E-state index in [0.29, 0.717) is 25.7 Å². The fourth-order valence-electron chi connectivity index (χ4n) is 3.95. The molecule has 2 saturated carbocycles. The highest BCUT2D eigenvalue weighted by Gasteiger charge is 2.54. The first-order valence-corrected chi connectivity index (χ1v) is 13.0. The molecule has 2 aliphatic carbocycles. The van der Waals surface area contributed by atoms with Crippen LogP contribution in [0.15, 0.2) is 23.1 Å². The fourth-order valence-corrected chi connectivity index (χ4v) is 6.16. The van der Waals surface area contributed by atoms with Gasteiger partial charge < -0.3 is 19.7 Å². The van der Waals surface area contributed by atoms with Gasteiger partial charge in [-0.2, -0.15) is 18.4 Å². The van der Waals surface area contributed by atoms with Crippen molar-refractivity contribution in [3.63, 3.8) is 0 Å². The van der Waals surface area contributed by atoms with Crippen LogP contribution in [0.25, 0.3) is 0 Å². The SMILES string of the molecule is CC1(C(=O)N2C[C@H](S(=O)(=O)c3ccc(OCC(F)(F)F)cc3Cl)C[C@@H]2OC(=O)NC2(C#N)CC2)CC1. The van der Waals surface area contributed by atoms with Gasteiger partial charge in [0.1, 0.15) is 11.3 Å². The molecule has 1 N–H and O–H groups in total. The highest BCUT2D eigenvalue weighted by molar-refractivity contribution is 7.92. The van der Waals surface area contributed by atoms with Crippen molar-refractivity contribution in [3.05, 3.63) is 23.2 Å². The Balaban J connectivity index is 1.53. The van der Waals surface area contributed by atoms with Crippen LogP contribution in [0.2, 0.25) is 5.02 Å². The van der Waals surface area contributed by atoms with Gasteiger partial charge in [-0.15, -0.1) is 0 Å². The number of benzene rings is 1. The number of likely N-dealkylation sites (tertiary alicyclic amines) is 1. The highest BCUT2D eigenvalue weighted by atomic mass is 35.5. The van der Waals surface area contributed by atoms with Crippen LogP contribution < -0.4 is 10.1 Å². The van der Waals surface area contributed by atoms with Gasteiger partial charge in [-0.1, -0.05) is 18.5 Å². The molecule has 9 nitrogen and oxygen atoms in total. The van der Waals surface area contributed by atoms with Crippen molar-refractivity contribution in [2.24, 2.45) is 5.41 Å². The second kappa shape index (κ2) is 8.99. The van der Waals surface area contributed by atoms with Gasteiger partial charge in [0.25, 0.3) is 0 Å². The summed E-state index contributed by atoms with van der Waals surface area (Å²) in [5.41, 5.74) is -1.68. The lowest BCUT2D eigenvalue weighted by Crippen LogP contribution is -2.45. The van der Waals surface area contributed by atoms with Crippen molar-refractivity contribution >= 4 is 33.4 Å². The van der Waals surface area contributed by atoms with E-state index in [1.54, 1.807) is 6.92 Å². The molecule has 0 bridgehead atoms. The summed E-state index contributed by atoms with van der Waals surface area (Å²) in [5, 5.41) is 10.1. The normalized spacial score (nSPS) is 23.9.